The molecular weight excluding hydrogens is 314 g/mol. The van der Waals surface area contributed by atoms with E-state index in [0.717, 1.165) is 44.8 Å². The summed E-state index contributed by atoms with van der Waals surface area (Å²) in [5, 5.41) is 13.9. The Bertz CT molecular complexity index is 651. The van der Waals surface area contributed by atoms with Crippen LogP contribution < -0.4 is 10.2 Å². The maximum absolute atomic E-state index is 10.3. The quantitative estimate of drug-likeness (QED) is 0.839. The molecule has 3 atom stereocenters. The van der Waals surface area contributed by atoms with Crippen LogP contribution in [0.3, 0.4) is 0 Å². The number of hydrogen-bond acceptors (Lipinski definition) is 5. The number of pyridine rings is 1. The summed E-state index contributed by atoms with van der Waals surface area (Å²) in [6, 6.07) is 4.43. The summed E-state index contributed by atoms with van der Waals surface area (Å²) in [6.07, 6.45) is 11.7. The van der Waals surface area contributed by atoms with Crippen LogP contribution in [-0.4, -0.2) is 44.9 Å². The van der Waals surface area contributed by atoms with Gasteiger partial charge in [0.05, 0.1) is 12.4 Å². The fourth-order valence-corrected chi connectivity index (χ4v) is 4.08. The Morgan fingerprint density at radius 3 is 2.80 bits per heavy atom. The van der Waals surface area contributed by atoms with Crippen molar-refractivity contribution in [1.82, 2.24) is 19.9 Å². The van der Waals surface area contributed by atoms with Crippen molar-refractivity contribution in [2.75, 3.05) is 18.0 Å². The van der Waals surface area contributed by atoms with E-state index >= 15 is 0 Å². The van der Waals surface area contributed by atoms with Gasteiger partial charge in [-0.25, -0.2) is 9.97 Å². The fraction of sp³-hybridized carbons (Fsp3) is 0.579. The Morgan fingerprint density at radius 1 is 1.20 bits per heavy atom. The molecule has 4 rings (SSSR count). The molecule has 6 nitrogen and oxygen atoms in total. The zero-order valence-corrected chi connectivity index (χ0v) is 14.6. The van der Waals surface area contributed by atoms with Crippen molar-refractivity contribution < 1.29 is 5.11 Å². The lowest BCUT2D eigenvalue weighted by molar-refractivity contribution is 0.145. The van der Waals surface area contributed by atoms with Gasteiger partial charge in [-0.3, -0.25) is 0 Å². The van der Waals surface area contributed by atoms with Gasteiger partial charge in [-0.05, 0) is 43.2 Å². The van der Waals surface area contributed by atoms with Gasteiger partial charge in [0.15, 0.2) is 0 Å². The van der Waals surface area contributed by atoms with Crippen LogP contribution in [0.25, 0.3) is 0 Å². The predicted molar refractivity (Wildman–Crippen MR) is 97.3 cm³/mol. The minimum absolute atomic E-state index is 0.159. The van der Waals surface area contributed by atoms with Crippen molar-refractivity contribution in [3.05, 3.63) is 42.6 Å². The summed E-state index contributed by atoms with van der Waals surface area (Å²) in [5.74, 6) is 1.58. The number of aliphatic hydroxyl groups excluding tert-OH is 1. The maximum atomic E-state index is 10.3. The number of aliphatic hydroxyl groups is 1. The highest BCUT2D eigenvalue weighted by Gasteiger charge is 2.32. The van der Waals surface area contributed by atoms with Crippen LogP contribution in [0.2, 0.25) is 0 Å². The molecule has 1 aliphatic carbocycles. The molecule has 1 aliphatic heterocycles. The largest absolute Gasteiger partial charge is 0.391 e. The van der Waals surface area contributed by atoms with Gasteiger partial charge in [0, 0.05) is 50.8 Å². The minimum atomic E-state index is -0.273. The summed E-state index contributed by atoms with van der Waals surface area (Å²) in [6.45, 7) is 3.93. The van der Waals surface area contributed by atoms with Crippen molar-refractivity contribution in [3.8, 4) is 0 Å². The first kappa shape index (κ1) is 16.5. The second kappa shape index (κ2) is 7.54. The standard InChI is InChI=1S/C19H27N5O/c25-18-10-16(13-23-8-5-20-14-23)9-17(18)21-11-15-3-4-19(22-12-15)24-6-1-2-7-24/h3-5,8,12,14,16-18,21,25H,1-2,6-7,9-11,13H2/t16?,17-,18-/m1/s1. The molecule has 1 saturated carbocycles. The molecule has 2 aromatic heterocycles. The van der Waals surface area contributed by atoms with E-state index in [1.165, 1.54) is 18.4 Å². The highest BCUT2D eigenvalue weighted by atomic mass is 16.3. The van der Waals surface area contributed by atoms with E-state index < -0.39 is 0 Å². The zero-order valence-electron chi connectivity index (χ0n) is 14.6. The molecule has 25 heavy (non-hydrogen) atoms. The van der Waals surface area contributed by atoms with E-state index in [9.17, 15) is 5.11 Å². The maximum Gasteiger partial charge on any atom is 0.128 e. The number of nitrogens with one attached hydrogen (secondary N) is 1. The van der Waals surface area contributed by atoms with Crippen LogP contribution in [0, 0.1) is 5.92 Å². The lowest BCUT2D eigenvalue weighted by atomic mass is 10.1. The molecule has 2 fully saturated rings. The molecule has 0 aromatic carbocycles. The SMILES string of the molecule is O[C@@H]1CC(Cn2ccnc2)C[C@H]1NCc1ccc(N2CCCC2)nc1. The number of hydrogen-bond donors (Lipinski definition) is 2. The topological polar surface area (TPSA) is 66.2 Å². The third-order valence-corrected chi connectivity index (χ3v) is 5.46. The zero-order chi connectivity index (χ0) is 17.1. The van der Waals surface area contributed by atoms with Gasteiger partial charge in [-0.15, -0.1) is 0 Å². The van der Waals surface area contributed by atoms with Gasteiger partial charge in [0.25, 0.3) is 0 Å². The Balaban J connectivity index is 1.27. The molecule has 0 amide bonds. The van der Waals surface area contributed by atoms with Gasteiger partial charge in [-0.1, -0.05) is 6.07 Å². The Kier molecular flexibility index (Phi) is 4.99. The molecule has 6 heteroatoms. The predicted octanol–water partition coefficient (Wildman–Crippen LogP) is 1.81. The van der Waals surface area contributed by atoms with E-state index in [4.69, 9.17) is 0 Å². The molecule has 2 aromatic rings. The highest BCUT2D eigenvalue weighted by Crippen LogP contribution is 2.28. The molecular formula is C19H27N5O. The number of nitrogens with zero attached hydrogens (tertiary/aromatic N) is 4. The van der Waals surface area contributed by atoms with Crippen LogP contribution in [0.5, 0.6) is 0 Å². The molecule has 0 spiro atoms. The molecule has 3 heterocycles. The van der Waals surface area contributed by atoms with Crippen LogP contribution in [0.15, 0.2) is 37.1 Å². The molecule has 0 bridgehead atoms. The van der Waals surface area contributed by atoms with Gasteiger partial charge >= 0.3 is 0 Å². The molecule has 2 N–H and O–H groups in total. The van der Waals surface area contributed by atoms with Crippen molar-refractivity contribution >= 4 is 5.82 Å². The van der Waals surface area contributed by atoms with Crippen LogP contribution in [0.4, 0.5) is 5.82 Å². The summed E-state index contributed by atoms with van der Waals surface area (Å²) in [7, 11) is 0. The number of aromatic nitrogens is 3. The second-order valence-electron chi connectivity index (χ2n) is 7.37. The average molecular weight is 341 g/mol. The lowest BCUT2D eigenvalue weighted by Gasteiger charge is -2.18. The van der Waals surface area contributed by atoms with Gasteiger partial charge < -0.3 is 19.9 Å². The van der Waals surface area contributed by atoms with Crippen LogP contribution in [-0.2, 0) is 13.1 Å². The summed E-state index contributed by atoms with van der Waals surface area (Å²) >= 11 is 0. The van der Waals surface area contributed by atoms with Gasteiger partial charge in [0.1, 0.15) is 5.82 Å². The number of imidazole rings is 1. The third kappa shape index (κ3) is 4.02. The lowest BCUT2D eigenvalue weighted by Crippen LogP contribution is -2.35. The minimum Gasteiger partial charge on any atom is -0.391 e. The van der Waals surface area contributed by atoms with E-state index in [2.05, 4.69) is 36.9 Å². The number of anilines is 1. The average Bonchev–Trinajstić information content (AvgIpc) is 3.37. The van der Waals surface area contributed by atoms with Crippen LogP contribution >= 0.6 is 0 Å². The van der Waals surface area contributed by atoms with Gasteiger partial charge in [0.2, 0.25) is 0 Å². The Morgan fingerprint density at radius 2 is 2.08 bits per heavy atom. The monoisotopic (exact) mass is 341 g/mol. The molecule has 1 unspecified atom stereocenters. The fourth-order valence-electron chi connectivity index (χ4n) is 4.08. The van der Waals surface area contributed by atoms with Crippen molar-refractivity contribution in [2.45, 2.75) is 50.9 Å². The molecule has 1 saturated heterocycles. The Labute approximate surface area is 148 Å². The summed E-state index contributed by atoms with van der Waals surface area (Å²) in [5.41, 5.74) is 1.17. The van der Waals surface area contributed by atoms with Gasteiger partial charge in [-0.2, -0.15) is 0 Å². The van der Waals surface area contributed by atoms with E-state index in [1.807, 2.05) is 18.7 Å². The normalized spacial score (nSPS) is 26.4. The first-order valence-corrected chi connectivity index (χ1v) is 9.35. The highest BCUT2D eigenvalue weighted by molar-refractivity contribution is 5.40. The molecule has 134 valence electrons. The third-order valence-electron chi connectivity index (χ3n) is 5.46. The summed E-state index contributed by atoms with van der Waals surface area (Å²) in [4.78, 5) is 11.0. The molecule has 2 aliphatic rings. The van der Waals surface area contributed by atoms with E-state index in [0.29, 0.717) is 5.92 Å². The summed E-state index contributed by atoms with van der Waals surface area (Å²) < 4.78 is 2.10. The Hall–Kier alpha value is -1.92. The van der Waals surface area contributed by atoms with Crippen molar-refractivity contribution in [2.24, 2.45) is 5.92 Å². The molecule has 0 radical (unpaired) electrons. The van der Waals surface area contributed by atoms with Crippen molar-refractivity contribution in [3.63, 3.8) is 0 Å². The smallest absolute Gasteiger partial charge is 0.128 e. The number of rotatable bonds is 6. The first-order valence-electron chi connectivity index (χ1n) is 9.35. The van der Waals surface area contributed by atoms with E-state index in [1.54, 1.807) is 6.20 Å². The first-order chi connectivity index (χ1) is 12.3. The van der Waals surface area contributed by atoms with E-state index in [-0.39, 0.29) is 12.1 Å². The van der Waals surface area contributed by atoms with Crippen LogP contribution in [0.1, 0.15) is 31.2 Å². The van der Waals surface area contributed by atoms with Crippen molar-refractivity contribution in [1.29, 1.82) is 0 Å². The second-order valence-corrected chi connectivity index (χ2v) is 7.37.